The minimum Gasteiger partial charge on any atom is -0.398 e. The summed E-state index contributed by atoms with van der Waals surface area (Å²) in [7, 11) is 0. The van der Waals surface area contributed by atoms with Gasteiger partial charge in [-0.05, 0) is 11.5 Å². The minimum absolute atomic E-state index is 0.0269. The third-order valence-corrected chi connectivity index (χ3v) is 2.56. The maximum Gasteiger partial charge on any atom is 0.270 e. The van der Waals surface area contributed by atoms with Crippen molar-refractivity contribution in [3.8, 4) is 0 Å². The number of nitro groups is 1. The van der Waals surface area contributed by atoms with E-state index in [1.54, 1.807) is 0 Å². The van der Waals surface area contributed by atoms with E-state index in [0.29, 0.717) is 16.7 Å². The smallest absolute Gasteiger partial charge is 0.270 e. The predicted molar refractivity (Wildman–Crippen MR) is 77.3 cm³/mol. The summed E-state index contributed by atoms with van der Waals surface area (Å²) >= 11 is 0. The van der Waals surface area contributed by atoms with Gasteiger partial charge in [0.15, 0.2) is 0 Å². The Kier molecular flexibility index (Phi) is 6.09. The Hall–Kier alpha value is -1.84. The standard InChI is InChI=1S/C8H8N2O2.C6H14/c1-2-6-5-7(10(11)12)3-4-8(6)9;1-5-6(2,3)4/h2-5H,1,9H2;5H2,1-4H3. The minimum atomic E-state index is -0.466. The van der Waals surface area contributed by atoms with Gasteiger partial charge in [0.25, 0.3) is 5.69 Å². The largest absolute Gasteiger partial charge is 0.398 e. The van der Waals surface area contributed by atoms with E-state index in [9.17, 15) is 10.1 Å². The second-order valence-electron chi connectivity index (χ2n) is 5.19. The van der Waals surface area contributed by atoms with E-state index in [4.69, 9.17) is 5.73 Å². The number of hydrogen-bond donors (Lipinski definition) is 1. The average molecular weight is 250 g/mol. The number of nitrogens with zero attached hydrogens (tertiary/aromatic N) is 1. The van der Waals surface area contributed by atoms with Gasteiger partial charge in [0.2, 0.25) is 0 Å². The highest BCUT2D eigenvalue weighted by Crippen LogP contribution is 2.20. The zero-order valence-corrected chi connectivity index (χ0v) is 11.6. The lowest BCUT2D eigenvalue weighted by Crippen LogP contribution is -2.00. The number of non-ortho nitro benzene ring substituents is 1. The Balaban J connectivity index is 0.000000411. The van der Waals surface area contributed by atoms with Gasteiger partial charge in [-0.25, -0.2) is 0 Å². The summed E-state index contributed by atoms with van der Waals surface area (Å²) in [6.45, 7) is 12.4. The molecule has 0 spiro atoms. The lowest BCUT2D eigenvalue weighted by molar-refractivity contribution is -0.384. The molecule has 0 fully saturated rings. The monoisotopic (exact) mass is 250 g/mol. The predicted octanol–water partition coefficient (Wildman–Crippen LogP) is 4.26. The fourth-order valence-electron chi connectivity index (χ4n) is 0.852. The van der Waals surface area contributed by atoms with Crippen molar-refractivity contribution < 1.29 is 4.92 Å². The van der Waals surface area contributed by atoms with Crippen LogP contribution < -0.4 is 5.73 Å². The van der Waals surface area contributed by atoms with Crippen LogP contribution in [0.2, 0.25) is 0 Å². The first kappa shape index (κ1) is 16.2. The van der Waals surface area contributed by atoms with Gasteiger partial charge < -0.3 is 5.73 Å². The SMILES string of the molecule is C=Cc1cc([N+](=O)[O-])ccc1N.CCC(C)(C)C. The topological polar surface area (TPSA) is 69.2 Å². The van der Waals surface area contributed by atoms with Gasteiger partial charge in [-0.3, -0.25) is 10.1 Å². The first-order chi connectivity index (χ1) is 8.21. The zero-order valence-electron chi connectivity index (χ0n) is 11.6. The van der Waals surface area contributed by atoms with E-state index >= 15 is 0 Å². The quantitative estimate of drug-likeness (QED) is 0.484. The lowest BCUT2D eigenvalue weighted by Gasteiger charge is -2.12. The number of rotatable bonds is 2. The summed E-state index contributed by atoms with van der Waals surface area (Å²) in [5, 5.41) is 10.3. The number of nitrogens with two attached hydrogens (primary N) is 1. The molecule has 0 saturated carbocycles. The van der Waals surface area contributed by atoms with Crippen molar-refractivity contribution in [3.63, 3.8) is 0 Å². The number of benzene rings is 1. The van der Waals surface area contributed by atoms with Crippen molar-refractivity contribution in [1.82, 2.24) is 0 Å². The molecule has 1 aromatic rings. The van der Waals surface area contributed by atoms with Crippen molar-refractivity contribution >= 4 is 17.5 Å². The molecule has 0 amide bonds. The molecule has 1 aromatic carbocycles. The Labute approximate surface area is 109 Å². The van der Waals surface area contributed by atoms with Crippen molar-refractivity contribution in [3.05, 3.63) is 40.5 Å². The maximum absolute atomic E-state index is 10.3. The molecular formula is C14H22N2O2. The van der Waals surface area contributed by atoms with Crippen molar-refractivity contribution in [2.45, 2.75) is 34.1 Å². The highest BCUT2D eigenvalue weighted by molar-refractivity contribution is 5.66. The molecular weight excluding hydrogens is 228 g/mol. The number of nitrogen functional groups attached to an aromatic ring is 1. The zero-order chi connectivity index (χ0) is 14.3. The van der Waals surface area contributed by atoms with E-state index in [2.05, 4.69) is 34.3 Å². The summed E-state index contributed by atoms with van der Waals surface area (Å²) < 4.78 is 0. The van der Waals surface area contributed by atoms with Crippen LogP contribution in [0.25, 0.3) is 6.08 Å². The lowest BCUT2D eigenvalue weighted by atomic mass is 9.94. The Bertz CT molecular complexity index is 420. The molecule has 0 aromatic heterocycles. The maximum atomic E-state index is 10.3. The average Bonchev–Trinajstić information content (AvgIpc) is 2.29. The summed E-state index contributed by atoms with van der Waals surface area (Å²) in [5.41, 5.74) is 7.16. The van der Waals surface area contributed by atoms with Crippen molar-refractivity contribution in [2.75, 3.05) is 5.73 Å². The fourth-order valence-corrected chi connectivity index (χ4v) is 0.852. The van der Waals surface area contributed by atoms with Crippen LogP contribution >= 0.6 is 0 Å². The van der Waals surface area contributed by atoms with E-state index in [1.165, 1.54) is 30.7 Å². The highest BCUT2D eigenvalue weighted by Gasteiger charge is 2.06. The van der Waals surface area contributed by atoms with Crippen LogP contribution in [-0.2, 0) is 0 Å². The molecule has 4 nitrogen and oxygen atoms in total. The van der Waals surface area contributed by atoms with Gasteiger partial charge >= 0.3 is 0 Å². The van der Waals surface area contributed by atoms with Gasteiger partial charge in [-0.1, -0.05) is 46.8 Å². The van der Waals surface area contributed by atoms with E-state index in [-0.39, 0.29) is 5.69 Å². The van der Waals surface area contributed by atoms with Crippen LogP contribution in [0.5, 0.6) is 0 Å². The second kappa shape index (κ2) is 6.79. The highest BCUT2D eigenvalue weighted by atomic mass is 16.6. The van der Waals surface area contributed by atoms with Gasteiger partial charge in [-0.15, -0.1) is 0 Å². The van der Waals surface area contributed by atoms with Gasteiger partial charge in [0.05, 0.1) is 4.92 Å². The molecule has 100 valence electrons. The normalized spacial score (nSPS) is 10.2. The van der Waals surface area contributed by atoms with Crippen molar-refractivity contribution in [1.29, 1.82) is 0 Å². The van der Waals surface area contributed by atoms with E-state index < -0.39 is 4.92 Å². The van der Waals surface area contributed by atoms with Crippen LogP contribution in [0.3, 0.4) is 0 Å². The third kappa shape index (κ3) is 6.03. The number of nitro benzene ring substituents is 1. The molecule has 0 radical (unpaired) electrons. The van der Waals surface area contributed by atoms with E-state index in [0.717, 1.165) is 0 Å². The third-order valence-electron chi connectivity index (χ3n) is 2.56. The van der Waals surface area contributed by atoms with Crippen LogP contribution in [0, 0.1) is 15.5 Å². The molecule has 0 aliphatic rings. The first-order valence-electron chi connectivity index (χ1n) is 5.87. The van der Waals surface area contributed by atoms with Crippen LogP contribution in [0.15, 0.2) is 24.8 Å². The Morgan fingerprint density at radius 3 is 2.28 bits per heavy atom. The molecule has 18 heavy (non-hydrogen) atoms. The molecule has 1 rings (SSSR count). The molecule has 0 unspecified atom stereocenters. The number of anilines is 1. The molecule has 0 atom stereocenters. The fraction of sp³-hybridized carbons (Fsp3) is 0.429. The molecule has 0 heterocycles. The Morgan fingerprint density at radius 1 is 1.44 bits per heavy atom. The van der Waals surface area contributed by atoms with Gasteiger partial charge in [0.1, 0.15) is 0 Å². The second-order valence-corrected chi connectivity index (χ2v) is 5.19. The summed E-state index contributed by atoms with van der Waals surface area (Å²) in [5.74, 6) is 0. The van der Waals surface area contributed by atoms with Crippen LogP contribution in [-0.4, -0.2) is 4.92 Å². The molecule has 0 saturated heterocycles. The van der Waals surface area contributed by atoms with Gasteiger partial charge in [0, 0.05) is 23.4 Å². The Morgan fingerprint density at radius 2 is 1.94 bits per heavy atom. The van der Waals surface area contributed by atoms with Crippen LogP contribution in [0.1, 0.15) is 39.7 Å². The van der Waals surface area contributed by atoms with Crippen LogP contribution in [0.4, 0.5) is 11.4 Å². The molecule has 0 bridgehead atoms. The van der Waals surface area contributed by atoms with Crippen molar-refractivity contribution in [2.24, 2.45) is 5.41 Å². The number of hydrogen-bond acceptors (Lipinski definition) is 3. The van der Waals surface area contributed by atoms with E-state index in [1.807, 2.05) is 0 Å². The molecule has 0 aliphatic heterocycles. The molecule has 2 N–H and O–H groups in total. The summed E-state index contributed by atoms with van der Waals surface area (Å²) in [4.78, 5) is 9.84. The summed E-state index contributed by atoms with van der Waals surface area (Å²) in [6.07, 6.45) is 2.76. The first-order valence-corrected chi connectivity index (χ1v) is 5.87. The van der Waals surface area contributed by atoms with Gasteiger partial charge in [-0.2, -0.15) is 0 Å². The summed E-state index contributed by atoms with van der Waals surface area (Å²) in [6, 6.07) is 4.25. The molecule has 4 heteroatoms. The molecule has 0 aliphatic carbocycles.